The first-order chi connectivity index (χ1) is 13.7. The standard InChI is InChI=1S/C24H22BFO3/c1-23(2)24(3,4)29-25(28-23)16-10-11-18-20-14-17(26)13-19(15-8-6-5-7-9-15)22(20)27-21(18)12-16/h5-14H,1-4H3. The molecule has 0 atom stereocenters. The molecule has 146 valence electrons. The molecule has 0 saturated carbocycles. The van der Waals surface area contributed by atoms with Gasteiger partial charge in [0.25, 0.3) is 0 Å². The molecule has 1 aromatic heterocycles. The lowest BCUT2D eigenvalue weighted by atomic mass is 9.79. The summed E-state index contributed by atoms with van der Waals surface area (Å²) in [5.74, 6) is -0.283. The zero-order chi connectivity index (χ0) is 20.4. The van der Waals surface area contributed by atoms with Crippen molar-refractivity contribution >= 4 is 34.5 Å². The van der Waals surface area contributed by atoms with Crippen molar-refractivity contribution in [1.82, 2.24) is 0 Å². The lowest BCUT2D eigenvalue weighted by Crippen LogP contribution is -2.41. The van der Waals surface area contributed by atoms with Crippen molar-refractivity contribution in [2.45, 2.75) is 38.9 Å². The summed E-state index contributed by atoms with van der Waals surface area (Å²) >= 11 is 0. The maximum Gasteiger partial charge on any atom is 0.494 e. The van der Waals surface area contributed by atoms with E-state index in [0.29, 0.717) is 11.2 Å². The number of halogens is 1. The molecule has 1 saturated heterocycles. The first-order valence-electron chi connectivity index (χ1n) is 9.82. The molecular weight excluding hydrogens is 366 g/mol. The number of hydrogen-bond acceptors (Lipinski definition) is 3. The summed E-state index contributed by atoms with van der Waals surface area (Å²) in [6.07, 6.45) is 0. The third-order valence-electron chi connectivity index (χ3n) is 6.17. The molecule has 0 N–H and O–H groups in total. The van der Waals surface area contributed by atoms with Crippen LogP contribution in [-0.2, 0) is 9.31 Å². The number of hydrogen-bond donors (Lipinski definition) is 0. The average molecular weight is 388 g/mol. The highest BCUT2D eigenvalue weighted by atomic mass is 19.1. The van der Waals surface area contributed by atoms with Gasteiger partial charge in [-0.15, -0.1) is 0 Å². The number of benzene rings is 3. The molecule has 2 heterocycles. The van der Waals surface area contributed by atoms with E-state index in [1.807, 2.05) is 76.2 Å². The third kappa shape index (κ3) is 2.88. The topological polar surface area (TPSA) is 31.6 Å². The summed E-state index contributed by atoms with van der Waals surface area (Å²) in [6.45, 7) is 8.12. The van der Waals surface area contributed by atoms with Gasteiger partial charge >= 0.3 is 7.12 Å². The van der Waals surface area contributed by atoms with Crippen LogP contribution >= 0.6 is 0 Å². The normalized spacial score (nSPS) is 18.0. The van der Waals surface area contributed by atoms with Gasteiger partial charge in [0.15, 0.2) is 0 Å². The van der Waals surface area contributed by atoms with Crippen molar-refractivity contribution in [3.63, 3.8) is 0 Å². The molecule has 0 spiro atoms. The molecular formula is C24H22BFO3. The number of furan rings is 1. The summed E-state index contributed by atoms with van der Waals surface area (Å²) in [7, 11) is -0.469. The van der Waals surface area contributed by atoms with Crippen LogP contribution in [0.4, 0.5) is 4.39 Å². The van der Waals surface area contributed by atoms with Crippen LogP contribution in [0.3, 0.4) is 0 Å². The minimum Gasteiger partial charge on any atom is -0.455 e. The Morgan fingerprint density at radius 2 is 1.48 bits per heavy atom. The van der Waals surface area contributed by atoms with Gasteiger partial charge < -0.3 is 13.7 Å². The Balaban J connectivity index is 1.66. The maximum atomic E-state index is 14.4. The minimum atomic E-state index is -0.469. The molecule has 5 rings (SSSR count). The SMILES string of the molecule is CC1(C)OB(c2ccc3c(c2)oc2c(-c4ccccc4)cc(F)cc23)OC1(C)C. The molecule has 29 heavy (non-hydrogen) atoms. The van der Waals surface area contributed by atoms with Gasteiger partial charge in [-0.2, -0.15) is 0 Å². The Morgan fingerprint density at radius 3 is 2.17 bits per heavy atom. The van der Waals surface area contributed by atoms with E-state index in [-0.39, 0.29) is 5.82 Å². The number of fused-ring (bicyclic) bond motifs is 3. The van der Waals surface area contributed by atoms with E-state index in [1.165, 1.54) is 12.1 Å². The zero-order valence-electron chi connectivity index (χ0n) is 17.0. The minimum absolute atomic E-state index is 0.283. The molecule has 0 amide bonds. The second-order valence-corrected chi connectivity index (χ2v) is 8.64. The molecule has 5 heteroatoms. The summed E-state index contributed by atoms with van der Waals surface area (Å²) < 4.78 is 32.9. The van der Waals surface area contributed by atoms with Crippen LogP contribution in [0.5, 0.6) is 0 Å². The van der Waals surface area contributed by atoms with Gasteiger partial charge in [-0.05, 0) is 56.9 Å². The van der Waals surface area contributed by atoms with Crippen LogP contribution in [0.1, 0.15) is 27.7 Å². The largest absolute Gasteiger partial charge is 0.494 e. The lowest BCUT2D eigenvalue weighted by molar-refractivity contribution is 0.00578. The fourth-order valence-electron chi connectivity index (χ4n) is 3.82. The fourth-order valence-corrected chi connectivity index (χ4v) is 3.82. The molecule has 0 bridgehead atoms. The van der Waals surface area contributed by atoms with Gasteiger partial charge in [-0.25, -0.2) is 4.39 Å². The lowest BCUT2D eigenvalue weighted by Gasteiger charge is -2.32. The van der Waals surface area contributed by atoms with Crippen LogP contribution in [0.15, 0.2) is 65.1 Å². The summed E-state index contributed by atoms with van der Waals surface area (Å²) in [6, 6.07) is 18.6. The average Bonchev–Trinajstić information content (AvgIpc) is 3.14. The molecule has 0 aliphatic carbocycles. The predicted molar refractivity (Wildman–Crippen MR) is 115 cm³/mol. The van der Waals surface area contributed by atoms with Crippen LogP contribution < -0.4 is 5.46 Å². The van der Waals surface area contributed by atoms with E-state index in [9.17, 15) is 4.39 Å². The van der Waals surface area contributed by atoms with Crippen molar-refractivity contribution in [1.29, 1.82) is 0 Å². The van der Waals surface area contributed by atoms with Gasteiger partial charge in [-0.3, -0.25) is 0 Å². The van der Waals surface area contributed by atoms with Crippen molar-refractivity contribution in [2.75, 3.05) is 0 Å². The van der Waals surface area contributed by atoms with Gasteiger partial charge in [-0.1, -0.05) is 42.5 Å². The Kier molecular flexibility index (Phi) is 3.93. The predicted octanol–water partition coefficient (Wildman–Crippen LogP) is 5.69. The van der Waals surface area contributed by atoms with Crippen LogP contribution in [-0.4, -0.2) is 18.3 Å². The first kappa shape index (κ1) is 18.4. The smallest absolute Gasteiger partial charge is 0.455 e. The molecule has 1 aliphatic rings. The van der Waals surface area contributed by atoms with E-state index >= 15 is 0 Å². The molecule has 0 unspecified atom stereocenters. The first-order valence-corrected chi connectivity index (χ1v) is 9.82. The third-order valence-corrected chi connectivity index (χ3v) is 6.17. The Morgan fingerprint density at radius 1 is 0.793 bits per heavy atom. The molecule has 3 nitrogen and oxygen atoms in total. The van der Waals surface area contributed by atoms with Crippen molar-refractivity contribution < 1.29 is 18.1 Å². The second-order valence-electron chi connectivity index (χ2n) is 8.64. The maximum absolute atomic E-state index is 14.4. The quantitative estimate of drug-likeness (QED) is 0.414. The highest BCUT2D eigenvalue weighted by Crippen LogP contribution is 2.38. The van der Waals surface area contributed by atoms with E-state index in [2.05, 4.69) is 0 Å². The molecule has 3 aromatic carbocycles. The molecule has 1 aliphatic heterocycles. The molecule has 4 aromatic rings. The Labute approximate surface area is 169 Å². The van der Waals surface area contributed by atoms with Crippen LogP contribution in [0, 0.1) is 5.82 Å². The number of rotatable bonds is 2. The van der Waals surface area contributed by atoms with Crippen LogP contribution in [0.25, 0.3) is 33.1 Å². The van der Waals surface area contributed by atoms with Crippen molar-refractivity contribution in [3.8, 4) is 11.1 Å². The highest BCUT2D eigenvalue weighted by molar-refractivity contribution is 6.62. The van der Waals surface area contributed by atoms with Crippen LogP contribution in [0.2, 0.25) is 0 Å². The zero-order valence-corrected chi connectivity index (χ0v) is 17.0. The Bertz CT molecular complexity index is 1210. The van der Waals surface area contributed by atoms with E-state index < -0.39 is 18.3 Å². The van der Waals surface area contributed by atoms with Gasteiger partial charge in [0.1, 0.15) is 17.0 Å². The van der Waals surface area contributed by atoms with E-state index in [1.54, 1.807) is 0 Å². The van der Waals surface area contributed by atoms with Crippen molar-refractivity contribution in [3.05, 3.63) is 66.5 Å². The fraction of sp³-hybridized carbons (Fsp3) is 0.250. The second kappa shape index (κ2) is 6.18. The van der Waals surface area contributed by atoms with Crippen molar-refractivity contribution in [2.24, 2.45) is 0 Å². The summed E-state index contributed by atoms with van der Waals surface area (Å²) in [5.41, 5.74) is 3.09. The summed E-state index contributed by atoms with van der Waals surface area (Å²) in [5, 5.41) is 1.64. The molecule has 0 radical (unpaired) electrons. The van der Waals surface area contributed by atoms with Gasteiger partial charge in [0, 0.05) is 16.3 Å². The summed E-state index contributed by atoms with van der Waals surface area (Å²) in [4.78, 5) is 0. The van der Waals surface area contributed by atoms with Gasteiger partial charge in [0.2, 0.25) is 0 Å². The highest BCUT2D eigenvalue weighted by Gasteiger charge is 2.51. The van der Waals surface area contributed by atoms with E-state index in [4.69, 9.17) is 13.7 Å². The Hall–Kier alpha value is -2.63. The van der Waals surface area contributed by atoms with Gasteiger partial charge in [0.05, 0.1) is 11.2 Å². The van der Waals surface area contributed by atoms with E-state index in [0.717, 1.165) is 27.4 Å². The monoisotopic (exact) mass is 388 g/mol. The molecule has 1 fully saturated rings.